The predicted octanol–water partition coefficient (Wildman–Crippen LogP) is 3.32. The van der Waals surface area contributed by atoms with E-state index in [0.717, 1.165) is 11.1 Å². The standard InChI is InChI=1S/C20H22ClNO5/c1-13(17-11-16(25-2)8-9-18(17)26-3)22-19(23)12-27-20(24)10-14-4-6-15(21)7-5-14/h4-9,11,13H,10,12H2,1-3H3,(H,22,23). The Labute approximate surface area is 163 Å². The molecule has 0 saturated carbocycles. The first-order valence-electron chi connectivity index (χ1n) is 8.34. The van der Waals surface area contributed by atoms with Gasteiger partial charge in [0.2, 0.25) is 0 Å². The Balaban J connectivity index is 1.87. The highest BCUT2D eigenvalue weighted by molar-refractivity contribution is 6.30. The third kappa shape index (κ3) is 6.18. The van der Waals surface area contributed by atoms with Gasteiger partial charge in [-0.15, -0.1) is 0 Å². The number of benzene rings is 2. The van der Waals surface area contributed by atoms with Crippen molar-refractivity contribution in [2.45, 2.75) is 19.4 Å². The monoisotopic (exact) mass is 391 g/mol. The van der Waals surface area contributed by atoms with Crippen LogP contribution in [0.2, 0.25) is 5.02 Å². The van der Waals surface area contributed by atoms with E-state index >= 15 is 0 Å². The lowest BCUT2D eigenvalue weighted by molar-refractivity contribution is -0.148. The summed E-state index contributed by atoms with van der Waals surface area (Å²) < 4.78 is 15.6. The molecule has 0 aliphatic heterocycles. The number of carbonyl (C=O) groups excluding carboxylic acids is 2. The van der Waals surface area contributed by atoms with Gasteiger partial charge in [0.25, 0.3) is 5.91 Å². The summed E-state index contributed by atoms with van der Waals surface area (Å²) in [6, 6.07) is 11.8. The first-order valence-corrected chi connectivity index (χ1v) is 8.72. The predicted molar refractivity (Wildman–Crippen MR) is 102 cm³/mol. The van der Waals surface area contributed by atoms with E-state index < -0.39 is 11.9 Å². The molecule has 1 amide bonds. The Morgan fingerprint density at radius 3 is 2.41 bits per heavy atom. The largest absolute Gasteiger partial charge is 0.497 e. The molecule has 0 aliphatic rings. The van der Waals surface area contributed by atoms with Gasteiger partial charge in [-0.25, -0.2) is 0 Å². The molecule has 2 aromatic carbocycles. The van der Waals surface area contributed by atoms with E-state index in [0.29, 0.717) is 16.5 Å². The molecule has 1 unspecified atom stereocenters. The fraction of sp³-hybridized carbons (Fsp3) is 0.300. The Morgan fingerprint density at radius 1 is 1.07 bits per heavy atom. The van der Waals surface area contributed by atoms with Gasteiger partial charge in [-0.2, -0.15) is 0 Å². The van der Waals surface area contributed by atoms with E-state index in [1.54, 1.807) is 56.7 Å². The number of hydrogen-bond donors (Lipinski definition) is 1. The quantitative estimate of drug-likeness (QED) is 0.699. The molecular formula is C20H22ClNO5. The maximum absolute atomic E-state index is 12.1. The fourth-order valence-corrected chi connectivity index (χ4v) is 2.63. The van der Waals surface area contributed by atoms with E-state index in [2.05, 4.69) is 5.32 Å². The topological polar surface area (TPSA) is 73.9 Å². The van der Waals surface area contributed by atoms with E-state index in [1.807, 2.05) is 6.92 Å². The SMILES string of the molecule is COc1ccc(OC)c(C(C)NC(=O)COC(=O)Cc2ccc(Cl)cc2)c1. The minimum atomic E-state index is -0.487. The van der Waals surface area contributed by atoms with Crippen LogP contribution < -0.4 is 14.8 Å². The summed E-state index contributed by atoms with van der Waals surface area (Å²) >= 11 is 5.80. The maximum Gasteiger partial charge on any atom is 0.310 e. The normalized spacial score (nSPS) is 11.4. The molecule has 0 saturated heterocycles. The molecule has 27 heavy (non-hydrogen) atoms. The molecule has 2 rings (SSSR count). The molecule has 0 fully saturated rings. The van der Waals surface area contributed by atoms with Crippen LogP contribution in [0.4, 0.5) is 0 Å². The third-order valence-corrected chi connectivity index (χ3v) is 4.16. The second kappa shape index (κ2) is 9.83. The van der Waals surface area contributed by atoms with Crippen molar-refractivity contribution in [3.05, 3.63) is 58.6 Å². The Morgan fingerprint density at radius 2 is 1.78 bits per heavy atom. The van der Waals surface area contributed by atoms with Gasteiger partial charge in [-0.3, -0.25) is 9.59 Å². The van der Waals surface area contributed by atoms with Gasteiger partial charge in [-0.05, 0) is 42.8 Å². The second-order valence-corrected chi connectivity index (χ2v) is 6.30. The number of halogens is 1. The van der Waals surface area contributed by atoms with Crippen LogP contribution in [-0.4, -0.2) is 32.7 Å². The minimum absolute atomic E-state index is 0.0731. The molecule has 0 aliphatic carbocycles. The van der Waals surface area contributed by atoms with Crippen molar-refractivity contribution in [1.82, 2.24) is 5.32 Å². The van der Waals surface area contributed by atoms with E-state index in [9.17, 15) is 9.59 Å². The van der Waals surface area contributed by atoms with Crippen LogP contribution in [0.15, 0.2) is 42.5 Å². The van der Waals surface area contributed by atoms with E-state index in [4.69, 9.17) is 25.8 Å². The van der Waals surface area contributed by atoms with Crippen LogP contribution in [0.1, 0.15) is 24.1 Å². The Kier molecular flexibility index (Phi) is 7.49. The van der Waals surface area contributed by atoms with Crippen molar-refractivity contribution in [1.29, 1.82) is 0 Å². The molecule has 0 spiro atoms. The lowest BCUT2D eigenvalue weighted by atomic mass is 10.1. The van der Waals surface area contributed by atoms with E-state index in [1.165, 1.54) is 0 Å². The number of esters is 1. The molecular weight excluding hydrogens is 370 g/mol. The third-order valence-electron chi connectivity index (χ3n) is 3.91. The molecule has 6 nitrogen and oxygen atoms in total. The lowest BCUT2D eigenvalue weighted by Gasteiger charge is -2.18. The van der Waals surface area contributed by atoms with Crippen LogP contribution in [0.3, 0.4) is 0 Å². The minimum Gasteiger partial charge on any atom is -0.497 e. The van der Waals surface area contributed by atoms with Gasteiger partial charge >= 0.3 is 5.97 Å². The number of amides is 1. The summed E-state index contributed by atoms with van der Waals surface area (Å²) in [7, 11) is 3.12. The number of ether oxygens (including phenoxy) is 3. The molecule has 0 radical (unpaired) electrons. The van der Waals surface area contributed by atoms with Crippen molar-refractivity contribution < 1.29 is 23.8 Å². The Bertz CT molecular complexity index is 791. The van der Waals surface area contributed by atoms with Crippen LogP contribution in [0.5, 0.6) is 11.5 Å². The Hall–Kier alpha value is -2.73. The fourth-order valence-electron chi connectivity index (χ4n) is 2.50. The number of rotatable bonds is 8. The molecule has 0 aromatic heterocycles. The molecule has 2 aromatic rings. The smallest absolute Gasteiger partial charge is 0.310 e. The summed E-state index contributed by atoms with van der Waals surface area (Å²) in [6.45, 7) is 1.45. The first kappa shape index (κ1) is 20.6. The molecule has 7 heteroatoms. The van der Waals surface area contributed by atoms with Gasteiger partial charge < -0.3 is 19.5 Å². The van der Waals surface area contributed by atoms with Crippen molar-refractivity contribution in [3.8, 4) is 11.5 Å². The lowest BCUT2D eigenvalue weighted by Crippen LogP contribution is -2.31. The van der Waals surface area contributed by atoms with Crippen LogP contribution in [-0.2, 0) is 20.7 Å². The molecule has 0 bridgehead atoms. The highest BCUT2D eigenvalue weighted by atomic mass is 35.5. The summed E-state index contributed by atoms with van der Waals surface area (Å²) in [4.78, 5) is 24.0. The van der Waals surface area contributed by atoms with Gasteiger partial charge in [-0.1, -0.05) is 23.7 Å². The van der Waals surface area contributed by atoms with Gasteiger partial charge in [0, 0.05) is 10.6 Å². The summed E-state index contributed by atoms with van der Waals surface area (Å²) in [5.41, 5.74) is 1.52. The number of hydrogen-bond acceptors (Lipinski definition) is 5. The zero-order valence-corrected chi connectivity index (χ0v) is 16.2. The average molecular weight is 392 g/mol. The molecule has 0 heterocycles. The number of methoxy groups -OCH3 is 2. The average Bonchev–Trinajstić information content (AvgIpc) is 2.67. The molecule has 1 atom stereocenters. The van der Waals surface area contributed by atoms with Gasteiger partial charge in [0.1, 0.15) is 11.5 Å². The maximum atomic E-state index is 12.1. The van der Waals surface area contributed by atoms with Crippen molar-refractivity contribution >= 4 is 23.5 Å². The van der Waals surface area contributed by atoms with Gasteiger partial charge in [0.15, 0.2) is 6.61 Å². The van der Waals surface area contributed by atoms with Crippen LogP contribution in [0.25, 0.3) is 0 Å². The number of nitrogens with one attached hydrogen (secondary N) is 1. The van der Waals surface area contributed by atoms with Crippen molar-refractivity contribution in [2.75, 3.05) is 20.8 Å². The van der Waals surface area contributed by atoms with Crippen LogP contribution >= 0.6 is 11.6 Å². The van der Waals surface area contributed by atoms with Crippen molar-refractivity contribution in [3.63, 3.8) is 0 Å². The first-order chi connectivity index (χ1) is 12.9. The highest BCUT2D eigenvalue weighted by Gasteiger charge is 2.16. The zero-order valence-electron chi connectivity index (χ0n) is 15.5. The van der Waals surface area contributed by atoms with Crippen LogP contribution in [0, 0.1) is 0 Å². The second-order valence-electron chi connectivity index (χ2n) is 5.86. The van der Waals surface area contributed by atoms with E-state index in [-0.39, 0.29) is 19.1 Å². The molecule has 144 valence electrons. The summed E-state index contributed by atoms with van der Waals surface area (Å²) in [5.74, 6) is 0.389. The zero-order chi connectivity index (χ0) is 19.8. The van der Waals surface area contributed by atoms with Crippen molar-refractivity contribution in [2.24, 2.45) is 0 Å². The highest BCUT2D eigenvalue weighted by Crippen LogP contribution is 2.29. The number of carbonyl (C=O) groups is 2. The summed E-state index contributed by atoms with van der Waals surface area (Å²) in [6.07, 6.45) is 0.0731. The van der Waals surface area contributed by atoms with Gasteiger partial charge in [0.05, 0.1) is 26.7 Å². The molecule has 1 N–H and O–H groups in total. The summed E-state index contributed by atoms with van der Waals surface area (Å²) in [5, 5.41) is 3.37.